The molecule has 7 nitrogen and oxygen atoms in total. The molecule has 1 aromatic heterocycles. The zero-order valence-electron chi connectivity index (χ0n) is 11.5. The zero-order valence-corrected chi connectivity index (χ0v) is 12.3. The summed E-state index contributed by atoms with van der Waals surface area (Å²) in [5, 5.41) is 3.60. The van der Waals surface area contributed by atoms with Crippen LogP contribution in [-0.2, 0) is 14.8 Å². The van der Waals surface area contributed by atoms with Gasteiger partial charge in [0.15, 0.2) is 5.76 Å². The molecular formula is C13H15N3O4S. The van der Waals surface area contributed by atoms with Crippen LogP contribution in [0.15, 0.2) is 39.8 Å². The van der Waals surface area contributed by atoms with Gasteiger partial charge in [-0.1, -0.05) is 35.5 Å². The van der Waals surface area contributed by atoms with E-state index < -0.39 is 22.0 Å². The molecule has 1 amide bonds. The highest BCUT2D eigenvalue weighted by molar-refractivity contribution is 7.89. The highest BCUT2D eigenvalue weighted by Crippen LogP contribution is 2.22. The topological polar surface area (TPSA) is 115 Å². The maximum Gasteiger partial charge on any atom is 0.247 e. The van der Waals surface area contributed by atoms with Crippen LogP contribution >= 0.6 is 0 Å². The minimum Gasteiger partial charge on any atom is -0.368 e. The van der Waals surface area contributed by atoms with Crippen LogP contribution < -0.4 is 10.5 Å². The Morgan fingerprint density at radius 2 is 1.90 bits per heavy atom. The fraction of sp³-hybridized carbons (Fsp3) is 0.231. The van der Waals surface area contributed by atoms with Gasteiger partial charge < -0.3 is 10.3 Å². The number of carbonyl (C=O) groups excluding carboxylic acids is 1. The number of nitrogens with one attached hydrogen (secondary N) is 1. The first kappa shape index (κ1) is 15.2. The monoisotopic (exact) mass is 309 g/mol. The lowest BCUT2D eigenvalue weighted by atomic mass is 10.1. The van der Waals surface area contributed by atoms with Gasteiger partial charge in [-0.25, -0.2) is 8.42 Å². The summed E-state index contributed by atoms with van der Waals surface area (Å²) >= 11 is 0. The minimum absolute atomic E-state index is 0.0790. The molecule has 0 aliphatic rings. The summed E-state index contributed by atoms with van der Waals surface area (Å²) in [4.78, 5) is 11.5. The number of benzene rings is 1. The summed E-state index contributed by atoms with van der Waals surface area (Å²) in [5.74, 6) is -0.646. The van der Waals surface area contributed by atoms with E-state index in [4.69, 9.17) is 10.3 Å². The van der Waals surface area contributed by atoms with E-state index in [9.17, 15) is 13.2 Å². The SMILES string of the molecule is Cc1noc(C)c1S(=O)(=O)N[C@H](C(N)=O)c1ccccc1. The number of hydrogen-bond donors (Lipinski definition) is 2. The molecular weight excluding hydrogens is 294 g/mol. The lowest BCUT2D eigenvalue weighted by Crippen LogP contribution is -2.37. The Labute approximate surface area is 122 Å². The summed E-state index contributed by atoms with van der Waals surface area (Å²) in [7, 11) is -3.98. The van der Waals surface area contributed by atoms with Crippen molar-refractivity contribution in [3.63, 3.8) is 0 Å². The van der Waals surface area contributed by atoms with E-state index in [1.165, 1.54) is 13.8 Å². The van der Waals surface area contributed by atoms with E-state index in [0.717, 1.165) is 0 Å². The number of aryl methyl sites for hydroxylation is 2. The van der Waals surface area contributed by atoms with Crippen molar-refractivity contribution in [3.05, 3.63) is 47.3 Å². The van der Waals surface area contributed by atoms with Crippen LogP contribution in [0.3, 0.4) is 0 Å². The number of primary amides is 1. The van der Waals surface area contributed by atoms with E-state index in [-0.39, 0.29) is 16.3 Å². The van der Waals surface area contributed by atoms with Gasteiger partial charge in [0.05, 0.1) is 0 Å². The summed E-state index contributed by atoms with van der Waals surface area (Å²) in [6, 6.07) is 7.20. The van der Waals surface area contributed by atoms with Crippen molar-refractivity contribution in [3.8, 4) is 0 Å². The molecule has 0 radical (unpaired) electrons. The summed E-state index contributed by atoms with van der Waals surface area (Å²) in [5.41, 5.74) is 5.98. The summed E-state index contributed by atoms with van der Waals surface area (Å²) in [6.45, 7) is 2.99. The van der Waals surface area contributed by atoms with E-state index in [1.807, 2.05) is 0 Å². The van der Waals surface area contributed by atoms with Crippen molar-refractivity contribution in [1.29, 1.82) is 0 Å². The Bertz CT molecular complexity index is 733. The minimum atomic E-state index is -3.98. The van der Waals surface area contributed by atoms with E-state index >= 15 is 0 Å². The van der Waals surface area contributed by atoms with Gasteiger partial charge >= 0.3 is 0 Å². The molecule has 21 heavy (non-hydrogen) atoms. The van der Waals surface area contributed by atoms with Gasteiger partial charge in [-0.05, 0) is 19.4 Å². The predicted octanol–water partition coefficient (Wildman–Crippen LogP) is 0.796. The molecule has 0 saturated heterocycles. The molecule has 1 atom stereocenters. The number of sulfonamides is 1. The molecule has 0 unspecified atom stereocenters. The molecule has 1 heterocycles. The number of nitrogens with two attached hydrogens (primary N) is 1. The van der Waals surface area contributed by atoms with Crippen molar-refractivity contribution in [2.24, 2.45) is 5.73 Å². The first-order valence-corrected chi connectivity index (χ1v) is 7.60. The molecule has 0 fully saturated rings. The van der Waals surface area contributed by atoms with E-state index in [1.54, 1.807) is 30.3 Å². The largest absolute Gasteiger partial charge is 0.368 e. The summed E-state index contributed by atoms with van der Waals surface area (Å²) in [6.07, 6.45) is 0. The number of carbonyl (C=O) groups is 1. The number of aromatic nitrogens is 1. The second-order valence-electron chi connectivity index (χ2n) is 4.52. The van der Waals surface area contributed by atoms with Crippen LogP contribution in [-0.4, -0.2) is 19.5 Å². The van der Waals surface area contributed by atoms with Gasteiger partial charge in [0.2, 0.25) is 15.9 Å². The van der Waals surface area contributed by atoms with Crippen molar-refractivity contribution >= 4 is 15.9 Å². The van der Waals surface area contributed by atoms with E-state index in [0.29, 0.717) is 5.56 Å². The van der Waals surface area contributed by atoms with Gasteiger partial charge in [-0.3, -0.25) is 4.79 Å². The van der Waals surface area contributed by atoms with Gasteiger partial charge in [0.25, 0.3) is 0 Å². The Hall–Kier alpha value is -2.19. The van der Waals surface area contributed by atoms with E-state index in [2.05, 4.69) is 9.88 Å². The Morgan fingerprint density at radius 1 is 1.29 bits per heavy atom. The Kier molecular flexibility index (Phi) is 4.10. The van der Waals surface area contributed by atoms with Crippen molar-refractivity contribution in [1.82, 2.24) is 9.88 Å². The highest BCUT2D eigenvalue weighted by atomic mass is 32.2. The molecule has 0 aliphatic heterocycles. The molecule has 112 valence electrons. The molecule has 0 bridgehead atoms. The Morgan fingerprint density at radius 3 is 2.38 bits per heavy atom. The number of rotatable bonds is 5. The molecule has 0 aliphatic carbocycles. The normalized spacial score (nSPS) is 13.0. The van der Waals surface area contributed by atoms with Gasteiger partial charge in [-0.2, -0.15) is 4.72 Å². The molecule has 2 aromatic rings. The van der Waals surface area contributed by atoms with Gasteiger partial charge in [-0.15, -0.1) is 0 Å². The van der Waals surface area contributed by atoms with Gasteiger partial charge in [0, 0.05) is 0 Å². The Balaban J connectivity index is 2.40. The molecule has 1 aromatic carbocycles. The third-order valence-corrected chi connectivity index (χ3v) is 4.59. The van der Waals surface area contributed by atoms with Crippen LogP contribution in [0.1, 0.15) is 23.1 Å². The quantitative estimate of drug-likeness (QED) is 0.847. The predicted molar refractivity (Wildman–Crippen MR) is 74.7 cm³/mol. The third kappa shape index (κ3) is 3.11. The molecule has 2 rings (SSSR count). The van der Waals surface area contributed by atoms with Crippen LogP contribution in [0.5, 0.6) is 0 Å². The van der Waals surface area contributed by atoms with Crippen LogP contribution in [0.4, 0.5) is 0 Å². The zero-order chi connectivity index (χ0) is 15.6. The standard InChI is InChI=1S/C13H15N3O4S/c1-8-12(9(2)20-15-8)21(18,19)16-11(13(14)17)10-6-4-3-5-7-10/h3-7,11,16H,1-2H3,(H2,14,17)/t11-/m0/s1. The van der Waals surface area contributed by atoms with Crippen LogP contribution in [0.25, 0.3) is 0 Å². The highest BCUT2D eigenvalue weighted by Gasteiger charge is 2.30. The first-order valence-electron chi connectivity index (χ1n) is 6.12. The number of hydrogen-bond acceptors (Lipinski definition) is 5. The van der Waals surface area contributed by atoms with Crippen LogP contribution in [0.2, 0.25) is 0 Å². The van der Waals surface area contributed by atoms with Crippen molar-refractivity contribution in [2.75, 3.05) is 0 Å². The first-order chi connectivity index (χ1) is 9.83. The second-order valence-corrected chi connectivity index (χ2v) is 6.17. The summed E-state index contributed by atoms with van der Waals surface area (Å²) < 4.78 is 31.9. The van der Waals surface area contributed by atoms with Crippen molar-refractivity contribution in [2.45, 2.75) is 24.8 Å². The van der Waals surface area contributed by atoms with Crippen molar-refractivity contribution < 1.29 is 17.7 Å². The maximum atomic E-state index is 12.4. The molecule has 3 N–H and O–H groups in total. The fourth-order valence-corrected chi connectivity index (χ4v) is 3.53. The van der Waals surface area contributed by atoms with Gasteiger partial charge in [0.1, 0.15) is 16.6 Å². The lowest BCUT2D eigenvalue weighted by Gasteiger charge is -2.15. The smallest absolute Gasteiger partial charge is 0.247 e. The molecule has 0 saturated carbocycles. The number of nitrogens with zero attached hydrogens (tertiary/aromatic N) is 1. The van der Waals surface area contributed by atoms with Crippen LogP contribution in [0, 0.1) is 13.8 Å². The second kappa shape index (κ2) is 5.66. The fourth-order valence-electron chi connectivity index (χ4n) is 2.01. The molecule has 0 spiro atoms. The lowest BCUT2D eigenvalue weighted by molar-refractivity contribution is -0.119. The number of amides is 1. The average molecular weight is 309 g/mol. The third-order valence-electron chi connectivity index (χ3n) is 2.93. The maximum absolute atomic E-state index is 12.4. The molecule has 8 heteroatoms. The average Bonchev–Trinajstić information content (AvgIpc) is 2.77.